The molecule has 6 heteroatoms. The van der Waals surface area contributed by atoms with E-state index >= 15 is 0 Å². The number of hydrogen-bond acceptors (Lipinski definition) is 3. The van der Waals surface area contributed by atoms with Gasteiger partial charge in [0, 0.05) is 0 Å². The van der Waals surface area contributed by atoms with Crippen molar-refractivity contribution in [3.63, 3.8) is 0 Å². The van der Waals surface area contributed by atoms with E-state index in [0.717, 1.165) is 12.1 Å². The Labute approximate surface area is 107 Å². The van der Waals surface area contributed by atoms with E-state index in [9.17, 15) is 18.3 Å². The molecule has 98 valence electrons. The van der Waals surface area contributed by atoms with Gasteiger partial charge in [-0.25, -0.2) is 0 Å². The number of hydrogen-bond donors (Lipinski definition) is 1. The molecule has 0 aromatic heterocycles. The molecule has 1 N–H and O–H groups in total. The zero-order chi connectivity index (χ0) is 13.9. The molecular weight excluding hydrogens is 257 g/mol. The SMILES string of the molecule is Oc1cc(C(F)(F)F)ccc1/N=N/c1ccccc1. The molecule has 0 bridgehead atoms. The number of azo groups is 1. The fourth-order valence-electron chi connectivity index (χ4n) is 1.39. The van der Waals surface area contributed by atoms with E-state index in [1.165, 1.54) is 0 Å². The molecule has 19 heavy (non-hydrogen) atoms. The number of rotatable bonds is 2. The largest absolute Gasteiger partial charge is 0.506 e. The molecule has 2 aromatic rings. The van der Waals surface area contributed by atoms with E-state index in [0.29, 0.717) is 11.8 Å². The molecule has 0 spiro atoms. The molecule has 0 unspecified atom stereocenters. The van der Waals surface area contributed by atoms with Crippen LogP contribution in [0.4, 0.5) is 24.5 Å². The molecule has 0 saturated heterocycles. The Morgan fingerprint density at radius 1 is 0.895 bits per heavy atom. The Morgan fingerprint density at radius 2 is 1.58 bits per heavy atom. The van der Waals surface area contributed by atoms with E-state index in [2.05, 4.69) is 10.2 Å². The minimum Gasteiger partial charge on any atom is -0.506 e. The van der Waals surface area contributed by atoms with Gasteiger partial charge in [-0.3, -0.25) is 0 Å². The van der Waals surface area contributed by atoms with Crippen LogP contribution < -0.4 is 0 Å². The Hall–Kier alpha value is -2.37. The lowest BCUT2D eigenvalue weighted by molar-refractivity contribution is -0.137. The summed E-state index contributed by atoms with van der Waals surface area (Å²) in [4.78, 5) is 0. The predicted octanol–water partition coefficient (Wildman–Crippen LogP) is 4.83. The van der Waals surface area contributed by atoms with Crippen LogP contribution in [0.2, 0.25) is 0 Å². The van der Waals surface area contributed by atoms with Crippen LogP contribution in [0.15, 0.2) is 58.8 Å². The summed E-state index contributed by atoms with van der Waals surface area (Å²) in [5, 5.41) is 17.0. The molecule has 0 aliphatic carbocycles. The van der Waals surface area contributed by atoms with Crippen LogP contribution in [0, 0.1) is 0 Å². The number of alkyl halides is 3. The summed E-state index contributed by atoms with van der Waals surface area (Å²) in [6, 6.07) is 11.2. The topological polar surface area (TPSA) is 45.0 Å². The van der Waals surface area contributed by atoms with E-state index < -0.39 is 17.5 Å². The molecule has 0 atom stereocenters. The minimum absolute atomic E-state index is 0.0168. The van der Waals surface area contributed by atoms with Crippen LogP contribution in [0.3, 0.4) is 0 Å². The molecular formula is C13H9F3N2O. The van der Waals surface area contributed by atoms with Crippen LogP contribution in [-0.4, -0.2) is 5.11 Å². The third-order valence-corrected chi connectivity index (χ3v) is 2.33. The van der Waals surface area contributed by atoms with Crippen LogP contribution in [0.25, 0.3) is 0 Å². The van der Waals surface area contributed by atoms with Crippen LogP contribution in [-0.2, 0) is 6.18 Å². The van der Waals surface area contributed by atoms with Gasteiger partial charge in [0.25, 0.3) is 0 Å². The van der Waals surface area contributed by atoms with Crippen molar-refractivity contribution in [2.75, 3.05) is 0 Å². The summed E-state index contributed by atoms with van der Waals surface area (Å²) in [6.07, 6.45) is -4.49. The second-order valence-corrected chi connectivity index (χ2v) is 3.74. The van der Waals surface area contributed by atoms with Crippen molar-refractivity contribution < 1.29 is 18.3 Å². The Morgan fingerprint density at radius 3 is 2.16 bits per heavy atom. The van der Waals surface area contributed by atoms with E-state index in [4.69, 9.17) is 0 Å². The zero-order valence-electron chi connectivity index (χ0n) is 9.59. The number of benzene rings is 2. The summed E-state index contributed by atoms with van der Waals surface area (Å²) in [5.74, 6) is -0.561. The van der Waals surface area contributed by atoms with Crippen LogP contribution in [0.1, 0.15) is 5.56 Å². The van der Waals surface area contributed by atoms with Gasteiger partial charge in [0.15, 0.2) is 0 Å². The highest BCUT2D eigenvalue weighted by atomic mass is 19.4. The summed E-state index contributed by atoms with van der Waals surface area (Å²) in [7, 11) is 0. The second kappa shape index (κ2) is 5.09. The quantitative estimate of drug-likeness (QED) is 0.777. The molecule has 0 aliphatic rings. The van der Waals surface area contributed by atoms with Gasteiger partial charge in [-0.2, -0.15) is 18.3 Å². The standard InChI is InChI=1S/C13H9F3N2O/c14-13(15,16)9-6-7-11(12(19)8-9)18-17-10-4-2-1-3-5-10/h1-8,19H/b18-17+. The molecule has 0 saturated carbocycles. The van der Waals surface area contributed by atoms with Gasteiger partial charge in [-0.15, -0.1) is 5.11 Å². The van der Waals surface area contributed by atoms with Crippen molar-refractivity contribution in [1.29, 1.82) is 0 Å². The predicted molar refractivity (Wildman–Crippen MR) is 63.7 cm³/mol. The van der Waals surface area contributed by atoms with Crippen molar-refractivity contribution in [2.24, 2.45) is 10.2 Å². The smallest absolute Gasteiger partial charge is 0.416 e. The first kappa shape index (κ1) is 13.1. The van der Waals surface area contributed by atoms with Crippen molar-refractivity contribution in [3.05, 3.63) is 54.1 Å². The molecule has 0 radical (unpaired) electrons. The molecule has 0 aliphatic heterocycles. The third kappa shape index (κ3) is 3.31. The van der Waals surface area contributed by atoms with Gasteiger partial charge in [-0.05, 0) is 30.3 Å². The number of halogens is 3. The first-order valence-corrected chi connectivity index (χ1v) is 5.34. The maximum Gasteiger partial charge on any atom is 0.416 e. The second-order valence-electron chi connectivity index (χ2n) is 3.74. The van der Waals surface area contributed by atoms with E-state index in [-0.39, 0.29) is 5.69 Å². The lowest BCUT2D eigenvalue weighted by atomic mass is 10.2. The first-order chi connectivity index (χ1) is 8.97. The fraction of sp³-hybridized carbons (Fsp3) is 0.0769. The minimum atomic E-state index is -4.49. The molecule has 3 nitrogen and oxygen atoms in total. The lowest BCUT2D eigenvalue weighted by Crippen LogP contribution is -2.03. The Kier molecular flexibility index (Phi) is 3.50. The van der Waals surface area contributed by atoms with Crippen LogP contribution in [0.5, 0.6) is 5.75 Å². The molecule has 0 fully saturated rings. The first-order valence-electron chi connectivity index (χ1n) is 5.34. The zero-order valence-corrected chi connectivity index (χ0v) is 9.59. The Balaban J connectivity index is 2.25. The maximum absolute atomic E-state index is 12.4. The van der Waals surface area contributed by atoms with Crippen molar-refractivity contribution in [3.8, 4) is 5.75 Å². The van der Waals surface area contributed by atoms with Gasteiger partial charge < -0.3 is 5.11 Å². The van der Waals surface area contributed by atoms with Gasteiger partial charge in [0.2, 0.25) is 0 Å². The lowest BCUT2D eigenvalue weighted by Gasteiger charge is -2.07. The molecule has 2 aromatic carbocycles. The normalized spacial score (nSPS) is 11.9. The Bertz CT molecular complexity index is 595. The molecule has 0 heterocycles. The number of aromatic hydroxyl groups is 1. The highest BCUT2D eigenvalue weighted by Gasteiger charge is 2.31. The third-order valence-electron chi connectivity index (χ3n) is 2.33. The highest BCUT2D eigenvalue weighted by molar-refractivity contribution is 5.53. The van der Waals surface area contributed by atoms with Crippen molar-refractivity contribution in [2.45, 2.75) is 6.18 Å². The van der Waals surface area contributed by atoms with Crippen molar-refractivity contribution in [1.82, 2.24) is 0 Å². The van der Waals surface area contributed by atoms with Gasteiger partial charge in [0.1, 0.15) is 11.4 Å². The average Bonchev–Trinajstić information content (AvgIpc) is 2.37. The number of phenolic OH excluding ortho intramolecular Hbond substituents is 1. The average molecular weight is 266 g/mol. The van der Waals surface area contributed by atoms with Crippen LogP contribution >= 0.6 is 0 Å². The summed E-state index contributed by atoms with van der Waals surface area (Å²) < 4.78 is 37.2. The van der Waals surface area contributed by atoms with Gasteiger partial charge in [0.05, 0.1) is 11.3 Å². The molecule has 2 rings (SSSR count). The maximum atomic E-state index is 12.4. The number of nitrogens with zero attached hydrogens (tertiary/aromatic N) is 2. The van der Waals surface area contributed by atoms with Gasteiger partial charge >= 0.3 is 6.18 Å². The van der Waals surface area contributed by atoms with E-state index in [1.807, 2.05) is 0 Å². The van der Waals surface area contributed by atoms with Gasteiger partial charge in [-0.1, -0.05) is 18.2 Å². The van der Waals surface area contributed by atoms with Crippen molar-refractivity contribution >= 4 is 11.4 Å². The molecule has 0 amide bonds. The summed E-state index contributed by atoms with van der Waals surface area (Å²) in [6.45, 7) is 0. The fourth-order valence-corrected chi connectivity index (χ4v) is 1.39. The monoisotopic (exact) mass is 266 g/mol. The summed E-state index contributed by atoms with van der Waals surface area (Å²) in [5.41, 5.74) is -0.401. The van der Waals surface area contributed by atoms with E-state index in [1.54, 1.807) is 30.3 Å². The number of phenols is 1. The highest BCUT2D eigenvalue weighted by Crippen LogP contribution is 2.36. The summed E-state index contributed by atoms with van der Waals surface area (Å²) >= 11 is 0.